The van der Waals surface area contributed by atoms with Crippen LogP contribution in [0.15, 0.2) is 37.1 Å². The molecule has 0 fully saturated rings. The van der Waals surface area contributed by atoms with Crippen LogP contribution in [0.3, 0.4) is 0 Å². The molecule has 0 spiro atoms. The van der Waals surface area contributed by atoms with Crippen molar-refractivity contribution in [1.29, 1.82) is 0 Å². The first-order valence-electron chi connectivity index (χ1n) is 2.77. The first kappa shape index (κ1) is 8.69. The molecule has 0 heterocycles. The monoisotopic (exact) mass is 138 g/mol. The molecule has 0 aromatic rings. The molecule has 54 valence electrons. The Hall–Kier alpha value is -1.31. The largest absolute Gasteiger partial charge is 0.424 e. The third-order valence-electron chi connectivity index (χ3n) is 0.866. The summed E-state index contributed by atoms with van der Waals surface area (Å²) in [6, 6.07) is 0. The Labute approximate surface area is 60.5 Å². The Balaban J connectivity index is 3.92. The molecule has 10 heavy (non-hydrogen) atoms. The Bertz CT molecular complexity index is 189. The number of carbonyl (C=O) groups excluding carboxylic acids is 1. The van der Waals surface area contributed by atoms with Crippen LogP contribution in [0.1, 0.15) is 6.92 Å². The summed E-state index contributed by atoms with van der Waals surface area (Å²) in [6.07, 6.45) is 1.08. The van der Waals surface area contributed by atoms with Crippen molar-refractivity contribution in [3.8, 4) is 0 Å². The first-order valence-corrected chi connectivity index (χ1v) is 2.77. The van der Waals surface area contributed by atoms with E-state index in [9.17, 15) is 4.79 Å². The summed E-state index contributed by atoms with van der Waals surface area (Å²) in [7, 11) is 0. The van der Waals surface area contributed by atoms with Crippen LogP contribution >= 0.6 is 0 Å². The fraction of sp³-hybridized carbons (Fsp3) is 0.125. The summed E-state index contributed by atoms with van der Waals surface area (Å²) < 4.78 is 4.61. The van der Waals surface area contributed by atoms with Gasteiger partial charge in [-0.3, -0.25) is 0 Å². The predicted molar refractivity (Wildman–Crippen MR) is 40.2 cm³/mol. The molecule has 0 aliphatic rings. The van der Waals surface area contributed by atoms with Crippen molar-refractivity contribution in [3.05, 3.63) is 37.1 Å². The third kappa shape index (κ3) is 2.87. The van der Waals surface area contributed by atoms with Gasteiger partial charge in [-0.1, -0.05) is 19.7 Å². The Morgan fingerprint density at radius 3 is 2.30 bits per heavy atom. The van der Waals surface area contributed by atoms with Crippen molar-refractivity contribution in [1.82, 2.24) is 0 Å². The van der Waals surface area contributed by atoms with E-state index < -0.39 is 5.97 Å². The lowest BCUT2D eigenvalue weighted by Gasteiger charge is -2.02. The number of hydrogen-bond acceptors (Lipinski definition) is 2. The maximum atomic E-state index is 10.5. The predicted octanol–water partition coefficient (Wildman–Crippen LogP) is 1.81. The molecule has 2 heteroatoms. The standard InChI is InChI=1S/C8H10O2/c1-5-8(9)10-7(4)6(2)3/h5H,1-2,4H2,3H3. The summed E-state index contributed by atoms with van der Waals surface area (Å²) >= 11 is 0. The number of hydrogen-bond donors (Lipinski definition) is 0. The van der Waals surface area contributed by atoms with Gasteiger partial charge >= 0.3 is 5.97 Å². The van der Waals surface area contributed by atoms with Gasteiger partial charge in [0.1, 0.15) is 5.76 Å². The highest BCUT2D eigenvalue weighted by atomic mass is 16.5. The van der Waals surface area contributed by atoms with Crippen LogP contribution in [0.5, 0.6) is 0 Å². The second kappa shape index (κ2) is 3.67. The van der Waals surface area contributed by atoms with Crippen LogP contribution in [0.4, 0.5) is 0 Å². The highest BCUT2D eigenvalue weighted by molar-refractivity contribution is 5.82. The van der Waals surface area contributed by atoms with Crippen LogP contribution in [-0.2, 0) is 9.53 Å². The van der Waals surface area contributed by atoms with Gasteiger partial charge in [-0.05, 0) is 12.5 Å². The molecule has 0 aromatic heterocycles. The number of esters is 1. The third-order valence-corrected chi connectivity index (χ3v) is 0.866. The number of allylic oxidation sites excluding steroid dienone is 1. The normalized spacial score (nSPS) is 8.10. The molecule has 0 N–H and O–H groups in total. The number of carbonyl (C=O) groups is 1. The fourth-order valence-electron chi connectivity index (χ4n) is 0.250. The van der Waals surface area contributed by atoms with Crippen LogP contribution in [0.2, 0.25) is 0 Å². The highest BCUT2D eigenvalue weighted by Crippen LogP contribution is 2.04. The SMILES string of the molecule is C=CC(=O)OC(=C)C(=C)C. The number of rotatable bonds is 3. The summed E-state index contributed by atoms with van der Waals surface area (Å²) in [5, 5.41) is 0. The van der Waals surface area contributed by atoms with Gasteiger partial charge in [0.2, 0.25) is 0 Å². The molecule has 0 saturated heterocycles. The second-order valence-corrected chi connectivity index (χ2v) is 1.83. The summed E-state index contributed by atoms with van der Waals surface area (Å²) in [5.74, 6) is -0.224. The van der Waals surface area contributed by atoms with Gasteiger partial charge in [0.05, 0.1) is 0 Å². The van der Waals surface area contributed by atoms with E-state index in [0.717, 1.165) is 6.08 Å². The minimum absolute atomic E-state index is 0.282. The van der Waals surface area contributed by atoms with E-state index in [0.29, 0.717) is 5.57 Å². The van der Waals surface area contributed by atoms with E-state index in [1.165, 1.54) is 0 Å². The van der Waals surface area contributed by atoms with Crippen molar-refractivity contribution < 1.29 is 9.53 Å². The van der Waals surface area contributed by atoms with Crippen LogP contribution in [0, 0.1) is 0 Å². The molecule has 0 aliphatic heterocycles. The van der Waals surface area contributed by atoms with Crippen molar-refractivity contribution in [3.63, 3.8) is 0 Å². The quantitative estimate of drug-likeness (QED) is 0.257. The van der Waals surface area contributed by atoms with Gasteiger partial charge in [0, 0.05) is 6.08 Å². The molecule has 0 saturated carbocycles. The Morgan fingerprint density at radius 1 is 1.50 bits per heavy atom. The summed E-state index contributed by atoms with van der Waals surface area (Å²) in [6.45, 7) is 11.9. The zero-order valence-electron chi connectivity index (χ0n) is 6.02. The minimum atomic E-state index is -0.506. The van der Waals surface area contributed by atoms with E-state index in [4.69, 9.17) is 0 Å². The van der Waals surface area contributed by atoms with E-state index in [1.54, 1.807) is 6.92 Å². The summed E-state index contributed by atoms with van der Waals surface area (Å²) in [4.78, 5) is 10.5. The Morgan fingerprint density at radius 2 is 2.00 bits per heavy atom. The molecule has 0 atom stereocenters. The molecule has 0 aliphatic carbocycles. The van der Waals surface area contributed by atoms with Gasteiger partial charge < -0.3 is 4.74 Å². The highest BCUT2D eigenvalue weighted by Gasteiger charge is 1.99. The van der Waals surface area contributed by atoms with Crippen molar-refractivity contribution in [2.24, 2.45) is 0 Å². The van der Waals surface area contributed by atoms with Crippen molar-refractivity contribution >= 4 is 5.97 Å². The molecule has 0 unspecified atom stereocenters. The topological polar surface area (TPSA) is 26.3 Å². The minimum Gasteiger partial charge on any atom is -0.424 e. The number of ether oxygens (including phenoxy) is 1. The smallest absolute Gasteiger partial charge is 0.335 e. The van der Waals surface area contributed by atoms with Crippen molar-refractivity contribution in [2.45, 2.75) is 6.92 Å². The first-order chi connectivity index (χ1) is 4.57. The van der Waals surface area contributed by atoms with E-state index in [1.807, 2.05) is 0 Å². The molecule has 0 aromatic carbocycles. The van der Waals surface area contributed by atoms with Gasteiger partial charge in [0.15, 0.2) is 0 Å². The lowest BCUT2D eigenvalue weighted by molar-refractivity contribution is -0.133. The molecular formula is C8H10O2. The van der Waals surface area contributed by atoms with E-state index >= 15 is 0 Å². The second-order valence-electron chi connectivity index (χ2n) is 1.83. The van der Waals surface area contributed by atoms with Gasteiger partial charge in [-0.2, -0.15) is 0 Å². The lowest BCUT2D eigenvalue weighted by Crippen LogP contribution is -1.99. The average Bonchev–Trinajstić information content (AvgIpc) is 1.87. The molecule has 0 radical (unpaired) electrons. The molecule has 0 rings (SSSR count). The zero-order valence-corrected chi connectivity index (χ0v) is 6.02. The fourth-order valence-corrected chi connectivity index (χ4v) is 0.250. The Kier molecular flexibility index (Phi) is 3.19. The van der Waals surface area contributed by atoms with Crippen LogP contribution in [-0.4, -0.2) is 5.97 Å². The van der Waals surface area contributed by atoms with Gasteiger partial charge in [-0.25, -0.2) is 4.79 Å². The maximum Gasteiger partial charge on any atom is 0.335 e. The molecule has 0 amide bonds. The van der Waals surface area contributed by atoms with Gasteiger partial charge in [0.25, 0.3) is 0 Å². The zero-order chi connectivity index (χ0) is 8.15. The lowest BCUT2D eigenvalue weighted by atomic mass is 10.3. The van der Waals surface area contributed by atoms with Gasteiger partial charge in [-0.15, -0.1) is 0 Å². The average molecular weight is 138 g/mol. The van der Waals surface area contributed by atoms with Crippen LogP contribution in [0.25, 0.3) is 0 Å². The maximum absolute atomic E-state index is 10.5. The molecule has 0 bridgehead atoms. The summed E-state index contributed by atoms with van der Waals surface area (Å²) in [5.41, 5.74) is 0.634. The van der Waals surface area contributed by atoms with E-state index in [2.05, 4.69) is 24.5 Å². The molecular weight excluding hydrogens is 128 g/mol. The van der Waals surface area contributed by atoms with Crippen LogP contribution < -0.4 is 0 Å². The van der Waals surface area contributed by atoms with E-state index in [-0.39, 0.29) is 5.76 Å². The van der Waals surface area contributed by atoms with Crippen molar-refractivity contribution in [2.75, 3.05) is 0 Å². The molecule has 2 nitrogen and oxygen atoms in total.